The summed E-state index contributed by atoms with van der Waals surface area (Å²) < 4.78 is 43.5. The number of alkyl halides is 3. The second-order valence-electron chi connectivity index (χ2n) is 4.85. The van der Waals surface area contributed by atoms with Crippen molar-refractivity contribution in [2.45, 2.75) is 31.7 Å². The van der Waals surface area contributed by atoms with E-state index < -0.39 is 17.3 Å². The Morgan fingerprint density at radius 3 is 2.40 bits per heavy atom. The zero-order valence-electron chi connectivity index (χ0n) is 11.5. The van der Waals surface area contributed by atoms with Crippen LogP contribution in [0.1, 0.15) is 19.4 Å². The van der Waals surface area contributed by atoms with Crippen molar-refractivity contribution in [3.63, 3.8) is 0 Å². The van der Waals surface area contributed by atoms with Gasteiger partial charge in [0.2, 0.25) is 0 Å². The van der Waals surface area contributed by atoms with E-state index in [2.05, 4.69) is 5.32 Å². The largest absolute Gasteiger partial charge is 0.416 e. The van der Waals surface area contributed by atoms with Crippen molar-refractivity contribution < 1.29 is 17.9 Å². The fourth-order valence-electron chi connectivity index (χ4n) is 1.73. The first-order valence-corrected chi connectivity index (χ1v) is 6.39. The van der Waals surface area contributed by atoms with Crippen molar-refractivity contribution in [2.75, 3.05) is 19.0 Å². The molecule has 0 aliphatic heterocycles. The second-order valence-corrected chi connectivity index (χ2v) is 5.29. The van der Waals surface area contributed by atoms with Gasteiger partial charge in [0.15, 0.2) is 0 Å². The fraction of sp³-hybridized carbons (Fsp3) is 0.538. The molecule has 0 saturated carbocycles. The fourth-order valence-corrected chi connectivity index (χ4v) is 1.97. The van der Waals surface area contributed by atoms with Gasteiger partial charge >= 0.3 is 6.18 Å². The number of nitrogens with two attached hydrogens (primary N) is 1. The smallest absolute Gasteiger partial charge is 0.379 e. The minimum absolute atomic E-state index is 0.00627. The van der Waals surface area contributed by atoms with Gasteiger partial charge < -0.3 is 15.8 Å². The van der Waals surface area contributed by atoms with Crippen molar-refractivity contribution in [2.24, 2.45) is 5.73 Å². The quantitative estimate of drug-likeness (QED) is 0.874. The zero-order chi connectivity index (χ0) is 15.6. The molecule has 0 aliphatic carbocycles. The van der Waals surface area contributed by atoms with E-state index in [1.807, 2.05) is 0 Å². The molecule has 0 aliphatic rings. The Kier molecular flexibility index (Phi) is 5.29. The van der Waals surface area contributed by atoms with Crippen LogP contribution in [0.25, 0.3) is 0 Å². The molecular formula is C13H18ClF3N2O. The maximum atomic E-state index is 12.8. The van der Waals surface area contributed by atoms with Gasteiger partial charge in [0.1, 0.15) is 0 Å². The average Bonchev–Trinajstić information content (AvgIpc) is 2.35. The van der Waals surface area contributed by atoms with Crippen LogP contribution in [0.3, 0.4) is 0 Å². The first kappa shape index (κ1) is 17.1. The van der Waals surface area contributed by atoms with Crippen LogP contribution >= 0.6 is 11.6 Å². The summed E-state index contributed by atoms with van der Waals surface area (Å²) in [4.78, 5) is 0. The van der Waals surface area contributed by atoms with Crippen LogP contribution in [-0.4, -0.2) is 25.3 Å². The SMILES string of the molecule is COC(C)C(C)(CN)Nc1cc(Cl)cc(C(F)(F)F)c1. The van der Waals surface area contributed by atoms with Gasteiger partial charge in [-0.1, -0.05) is 11.6 Å². The van der Waals surface area contributed by atoms with Crippen molar-refractivity contribution in [3.8, 4) is 0 Å². The van der Waals surface area contributed by atoms with Gasteiger partial charge in [-0.25, -0.2) is 0 Å². The molecule has 0 aromatic heterocycles. The summed E-state index contributed by atoms with van der Waals surface area (Å²) in [6.45, 7) is 3.75. The average molecular weight is 311 g/mol. The Bertz CT molecular complexity index is 467. The summed E-state index contributed by atoms with van der Waals surface area (Å²) >= 11 is 5.74. The van der Waals surface area contributed by atoms with Gasteiger partial charge in [-0.15, -0.1) is 0 Å². The van der Waals surface area contributed by atoms with Crippen LogP contribution in [0.2, 0.25) is 5.02 Å². The lowest BCUT2D eigenvalue weighted by molar-refractivity contribution is -0.137. The number of rotatable bonds is 5. The Balaban J connectivity index is 3.11. The van der Waals surface area contributed by atoms with E-state index in [1.165, 1.54) is 13.2 Å². The van der Waals surface area contributed by atoms with Gasteiger partial charge in [0, 0.05) is 24.4 Å². The highest BCUT2D eigenvalue weighted by atomic mass is 35.5. The van der Waals surface area contributed by atoms with E-state index in [0.29, 0.717) is 0 Å². The third-order valence-corrected chi connectivity index (χ3v) is 3.55. The zero-order valence-corrected chi connectivity index (χ0v) is 12.3. The molecule has 20 heavy (non-hydrogen) atoms. The summed E-state index contributed by atoms with van der Waals surface area (Å²) in [5, 5.41) is 2.98. The van der Waals surface area contributed by atoms with E-state index >= 15 is 0 Å². The highest BCUT2D eigenvalue weighted by Gasteiger charge is 2.33. The number of benzene rings is 1. The predicted molar refractivity (Wildman–Crippen MR) is 74.0 cm³/mol. The van der Waals surface area contributed by atoms with E-state index in [0.717, 1.165) is 12.1 Å². The molecule has 3 N–H and O–H groups in total. The minimum Gasteiger partial charge on any atom is -0.379 e. The lowest BCUT2D eigenvalue weighted by Gasteiger charge is -2.35. The summed E-state index contributed by atoms with van der Waals surface area (Å²) in [6.07, 6.45) is -4.74. The van der Waals surface area contributed by atoms with Crippen LogP contribution in [0.4, 0.5) is 18.9 Å². The molecule has 0 spiro atoms. The number of anilines is 1. The molecule has 0 amide bonds. The number of methoxy groups -OCH3 is 1. The van der Waals surface area contributed by atoms with Crippen LogP contribution < -0.4 is 11.1 Å². The molecule has 1 rings (SSSR count). The molecule has 7 heteroatoms. The van der Waals surface area contributed by atoms with Crippen molar-refractivity contribution >= 4 is 17.3 Å². The minimum atomic E-state index is -4.45. The maximum absolute atomic E-state index is 12.8. The first-order chi connectivity index (χ1) is 9.12. The topological polar surface area (TPSA) is 47.3 Å². The lowest BCUT2D eigenvalue weighted by atomic mass is 9.95. The van der Waals surface area contributed by atoms with E-state index in [4.69, 9.17) is 22.1 Å². The van der Waals surface area contributed by atoms with Crippen molar-refractivity contribution in [1.29, 1.82) is 0 Å². The Morgan fingerprint density at radius 1 is 1.35 bits per heavy atom. The van der Waals surface area contributed by atoms with Crippen LogP contribution in [0.5, 0.6) is 0 Å². The summed E-state index contributed by atoms with van der Waals surface area (Å²) in [6, 6.07) is 3.31. The highest BCUT2D eigenvalue weighted by Crippen LogP contribution is 2.34. The summed E-state index contributed by atoms with van der Waals surface area (Å²) in [7, 11) is 1.51. The molecule has 0 heterocycles. The third-order valence-electron chi connectivity index (χ3n) is 3.33. The molecule has 0 bridgehead atoms. The van der Waals surface area contributed by atoms with E-state index in [9.17, 15) is 13.2 Å². The van der Waals surface area contributed by atoms with Crippen molar-refractivity contribution in [3.05, 3.63) is 28.8 Å². The third kappa shape index (κ3) is 4.01. The molecule has 1 aromatic carbocycles. The first-order valence-electron chi connectivity index (χ1n) is 6.01. The van der Waals surface area contributed by atoms with Crippen molar-refractivity contribution in [1.82, 2.24) is 0 Å². The Hall–Kier alpha value is -0.980. The van der Waals surface area contributed by atoms with Crippen LogP contribution in [0, 0.1) is 0 Å². The Labute approximate surface area is 121 Å². The van der Waals surface area contributed by atoms with Gasteiger partial charge in [-0.3, -0.25) is 0 Å². The van der Waals surface area contributed by atoms with E-state index in [-0.39, 0.29) is 23.4 Å². The molecule has 2 unspecified atom stereocenters. The monoisotopic (exact) mass is 310 g/mol. The number of halogens is 4. The molecule has 0 radical (unpaired) electrons. The summed E-state index contributed by atoms with van der Waals surface area (Å²) in [5.74, 6) is 0. The highest BCUT2D eigenvalue weighted by molar-refractivity contribution is 6.30. The molecule has 3 nitrogen and oxygen atoms in total. The molecule has 1 aromatic rings. The molecule has 2 atom stereocenters. The molecular weight excluding hydrogens is 293 g/mol. The van der Waals surface area contributed by atoms with Crippen LogP contribution in [0.15, 0.2) is 18.2 Å². The lowest BCUT2D eigenvalue weighted by Crippen LogP contribution is -2.52. The molecule has 0 saturated heterocycles. The van der Waals surface area contributed by atoms with Crippen LogP contribution in [-0.2, 0) is 10.9 Å². The molecule has 114 valence electrons. The standard InChI is InChI=1S/C13H18ClF3N2O/c1-8(20-3)12(2,7-18)19-11-5-9(13(15,16)17)4-10(14)6-11/h4-6,8,19H,7,18H2,1-3H3. The van der Waals surface area contributed by atoms with E-state index in [1.54, 1.807) is 13.8 Å². The van der Waals surface area contributed by atoms with Gasteiger partial charge in [-0.05, 0) is 32.0 Å². The summed E-state index contributed by atoms with van der Waals surface area (Å²) in [5.41, 5.74) is 4.43. The second kappa shape index (κ2) is 6.20. The molecule has 0 fully saturated rings. The van der Waals surface area contributed by atoms with Gasteiger partial charge in [-0.2, -0.15) is 13.2 Å². The predicted octanol–water partition coefficient (Wildman–Crippen LogP) is 3.52. The number of ether oxygens (including phenoxy) is 1. The van der Waals surface area contributed by atoms with Gasteiger partial charge in [0.25, 0.3) is 0 Å². The maximum Gasteiger partial charge on any atom is 0.416 e. The number of hydrogen-bond acceptors (Lipinski definition) is 3. The van der Waals surface area contributed by atoms with Gasteiger partial charge in [0.05, 0.1) is 17.2 Å². The number of nitrogens with one attached hydrogen (secondary N) is 1. The number of hydrogen-bond donors (Lipinski definition) is 2. The normalized spacial score (nSPS) is 16.6. The Morgan fingerprint density at radius 2 is 1.95 bits per heavy atom.